The maximum absolute atomic E-state index is 12.3. The highest BCUT2D eigenvalue weighted by Gasteiger charge is 2.46. The number of hydrogen-bond acceptors (Lipinski definition) is 12. The zero-order valence-electron chi connectivity index (χ0n) is 23.1. The van der Waals surface area contributed by atoms with Gasteiger partial charge < -0.3 is 54.7 Å². The van der Waals surface area contributed by atoms with Crippen LogP contribution >= 0.6 is 0 Å². The normalized spacial score (nSPS) is 21.8. The number of aromatic hydroxyl groups is 4. The van der Waals surface area contributed by atoms with Crippen LogP contribution in [0, 0.1) is 0 Å². The molecule has 5 atom stereocenters. The fourth-order valence-electron chi connectivity index (χ4n) is 4.53. The molecule has 0 aliphatic carbocycles. The van der Waals surface area contributed by atoms with Gasteiger partial charge in [-0.2, -0.15) is 0 Å². The Kier molecular flexibility index (Phi) is 8.73. The Morgan fingerprint density at radius 3 is 2.34 bits per heavy atom. The monoisotopic (exact) mass is 609 g/mol. The number of carbonyl (C=O) groups excluding carboxylic acids is 1. The van der Waals surface area contributed by atoms with E-state index in [1.54, 1.807) is 12.1 Å². The van der Waals surface area contributed by atoms with E-state index in [2.05, 4.69) is 0 Å². The van der Waals surface area contributed by atoms with Crippen LogP contribution in [0.1, 0.15) is 5.56 Å². The summed E-state index contributed by atoms with van der Waals surface area (Å²) in [5.41, 5.74) is 0.989. The second-order valence-electron chi connectivity index (χ2n) is 9.89. The number of esters is 1. The predicted octanol–water partition coefficient (Wildman–Crippen LogP) is 2.65. The van der Waals surface area contributed by atoms with Crippen molar-refractivity contribution in [3.8, 4) is 45.8 Å². The molecular weight excluding hydrogens is 580 g/mol. The molecule has 4 aromatic rings. The molecule has 2 heterocycles. The first-order valence-electron chi connectivity index (χ1n) is 13.2. The summed E-state index contributed by atoms with van der Waals surface area (Å²) < 4.78 is 27.9. The number of carbonyl (C=O) groups is 1. The molecule has 13 heteroatoms. The fraction of sp³-hybridized carbons (Fsp3) is 0.226. The summed E-state index contributed by atoms with van der Waals surface area (Å²) >= 11 is 0. The Labute approximate surface area is 249 Å². The van der Waals surface area contributed by atoms with Crippen molar-refractivity contribution in [3.05, 3.63) is 72.3 Å². The Morgan fingerprint density at radius 1 is 0.864 bits per heavy atom. The highest BCUT2D eigenvalue weighted by molar-refractivity contribution is 5.89. The van der Waals surface area contributed by atoms with Gasteiger partial charge in [0.25, 0.3) is 0 Å². The highest BCUT2D eigenvalue weighted by atomic mass is 16.7. The van der Waals surface area contributed by atoms with E-state index < -0.39 is 43.3 Å². The predicted molar refractivity (Wildman–Crippen MR) is 153 cm³/mol. The Bertz CT molecular complexity index is 1680. The molecule has 7 N–H and O–H groups in total. The Hall–Kier alpha value is -5.08. The molecule has 44 heavy (non-hydrogen) atoms. The van der Waals surface area contributed by atoms with Crippen LogP contribution in [-0.2, 0) is 14.3 Å². The van der Waals surface area contributed by atoms with Gasteiger partial charge in [-0.15, -0.1) is 0 Å². The van der Waals surface area contributed by atoms with Crippen LogP contribution in [-0.4, -0.2) is 86.1 Å². The van der Waals surface area contributed by atoms with Gasteiger partial charge >= 0.3 is 17.3 Å². The average molecular weight is 610 g/mol. The molecule has 0 unspecified atom stereocenters. The van der Waals surface area contributed by atoms with Crippen LogP contribution in [0.3, 0.4) is 0 Å². The first-order chi connectivity index (χ1) is 21.0. The van der Waals surface area contributed by atoms with E-state index in [0.29, 0.717) is 11.1 Å². The summed E-state index contributed by atoms with van der Waals surface area (Å²) in [7, 11) is 1.35. The van der Waals surface area contributed by atoms with Crippen LogP contribution in [0.15, 0.2) is 71.2 Å². The first-order valence-corrected chi connectivity index (χ1v) is 13.2. The van der Waals surface area contributed by atoms with Crippen molar-refractivity contribution >= 4 is 23.0 Å². The maximum Gasteiger partial charge on any atom is 0.402 e. The number of ether oxygens (including phenoxy) is 4. The molecule has 1 fully saturated rings. The van der Waals surface area contributed by atoms with Crippen molar-refractivity contribution in [1.29, 1.82) is 0 Å². The first kappa shape index (κ1) is 30.4. The molecular formula is C31H29O13+. The van der Waals surface area contributed by atoms with E-state index in [4.69, 9.17) is 23.4 Å². The molecule has 3 aromatic carbocycles. The summed E-state index contributed by atoms with van der Waals surface area (Å²) in [6, 6.07) is 14.0. The Morgan fingerprint density at radius 2 is 1.61 bits per heavy atom. The number of aliphatic hydroxyl groups excluding tert-OH is 3. The van der Waals surface area contributed by atoms with Crippen LogP contribution in [0.4, 0.5) is 0 Å². The molecule has 1 saturated heterocycles. The maximum atomic E-state index is 12.3. The van der Waals surface area contributed by atoms with Crippen molar-refractivity contribution in [2.75, 3.05) is 13.7 Å². The molecule has 0 saturated carbocycles. The summed E-state index contributed by atoms with van der Waals surface area (Å²) in [6.45, 7) is -0.520. The van der Waals surface area contributed by atoms with E-state index in [1.807, 2.05) is 0 Å². The van der Waals surface area contributed by atoms with E-state index in [0.717, 1.165) is 12.1 Å². The van der Waals surface area contributed by atoms with Crippen molar-refractivity contribution in [1.82, 2.24) is 0 Å². The second-order valence-corrected chi connectivity index (χ2v) is 9.89. The molecule has 0 spiro atoms. The second kappa shape index (κ2) is 12.7. The van der Waals surface area contributed by atoms with Gasteiger partial charge in [0.15, 0.2) is 11.5 Å². The number of rotatable bonds is 8. The third kappa shape index (κ3) is 6.45. The number of hydrogen-bond donors (Lipinski definition) is 7. The minimum atomic E-state index is -1.78. The molecule has 230 valence electrons. The van der Waals surface area contributed by atoms with Crippen LogP contribution in [0.5, 0.6) is 34.5 Å². The molecule has 0 radical (unpaired) electrons. The van der Waals surface area contributed by atoms with Gasteiger partial charge in [0, 0.05) is 24.3 Å². The average Bonchev–Trinajstić information content (AvgIpc) is 3.00. The van der Waals surface area contributed by atoms with Gasteiger partial charge in [-0.05, 0) is 35.9 Å². The lowest BCUT2D eigenvalue weighted by molar-refractivity contribution is -0.278. The van der Waals surface area contributed by atoms with E-state index in [-0.39, 0.29) is 51.2 Å². The third-order valence-corrected chi connectivity index (χ3v) is 6.86. The number of aliphatic hydroxyl groups is 3. The number of phenols is 4. The van der Waals surface area contributed by atoms with Crippen molar-refractivity contribution in [2.24, 2.45) is 0 Å². The SMILES string of the molecule is COc1cc(-c2[o+]c3cc(O)cc(O)c3cc2O[C@@H]2O[C@H](COC(=O)/C=C\c3ccc(O)cc3)[C@@H](O)[C@H](O)[C@H]2O)ccc1O. The summed E-state index contributed by atoms with van der Waals surface area (Å²) in [5, 5.41) is 71.8. The molecule has 0 bridgehead atoms. The number of fused-ring (bicyclic) bond motifs is 1. The molecule has 13 nitrogen and oxygen atoms in total. The molecule has 1 aliphatic rings. The summed E-state index contributed by atoms with van der Waals surface area (Å²) in [4.78, 5) is 12.3. The van der Waals surface area contributed by atoms with Gasteiger partial charge in [0.05, 0.1) is 18.7 Å². The lowest BCUT2D eigenvalue weighted by atomic mass is 9.99. The van der Waals surface area contributed by atoms with Crippen molar-refractivity contribution in [3.63, 3.8) is 0 Å². The topological polar surface area (TPSA) is 207 Å². The third-order valence-electron chi connectivity index (χ3n) is 6.86. The van der Waals surface area contributed by atoms with Crippen molar-refractivity contribution in [2.45, 2.75) is 30.7 Å². The Balaban J connectivity index is 1.41. The summed E-state index contributed by atoms with van der Waals surface area (Å²) in [6.07, 6.45) is -5.60. The van der Waals surface area contributed by atoms with Gasteiger partial charge in [-0.25, -0.2) is 9.21 Å². The van der Waals surface area contributed by atoms with Crippen LogP contribution in [0.2, 0.25) is 0 Å². The number of methoxy groups -OCH3 is 1. The standard InChI is InChI=1S/C31H28O13/c1-40-23-10-16(5-8-20(23)34)30-24(13-19-21(35)11-18(33)12-22(19)42-30)43-31-29(39)28(38)27(37)25(44-31)14-41-26(36)9-4-15-2-6-17(32)7-3-15/h2-13,25,27-29,31,37-39H,14H2,1H3,(H3-,32,33,34,35,36)/p+1/t25-,27-,28+,29-,31-/m1/s1. The minimum Gasteiger partial charge on any atom is -0.508 e. The number of benzene rings is 3. The lowest BCUT2D eigenvalue weighted by Gasteiger charge is -2.39. The smallest absolute Gasteiger partial charge is 0.402 e. The molecule has 1 aliphatic heterocycles. The largest absolute Gasteiger partial charge is 0.508 e. The number of phenolic OH excluding ortho intramolecular Hbond substituents is 4. The zero-order chi connectivity index (χ0) is 31.5. The zero-order valence-corrected chi connectivity index (χ0v) is 23.1. The van der Waals surface area contributed by atoms with E-state index >= 15 is 0 Å². The van der Waals surface area contributed by atoms with Gasteiger partial charge in [0.1, 0.15) is 53.7 Å². The van der Waals surface area contributed by atoms with Gasteiger partial charge in [0.2, 0.25) is 12.0 Å². The minimum absolute atomic E-state index is 0.000410. The van der Waals surface area contributed by atoms with Crippen LogP contribution in [0.25, 0.3) is 28.4 Å². The highest BCUT2D eigenvalue weighted by Crippen LogP contribution is 2.42. The molecule has 5 rings (SSSR count). The fourth-order valence-corrected chi connectivity index (χ4v) is 4.53. The molecule has 1 aromatic heterocycles. The van der Waals surface area contributed by atoms with Gasteiger partial charge in [-0.3, -0.25) is 0 Å². The summed E-state index contributed by atoms with van der Waals surface area (Å²) in [5.74, 6) is -1.53. The van der Waals surface area contributed by atoms with Crippen molar-refractivity contribution < 1.29 is 63.9 Å². The lowest BCUT2D eigenvalue weighted by Crippen LogP contribution is -2.60. The molecule has 0 amide bonds. The quantitative estimate of drug-likeness (QED) is 0.0872. The van der Waals surface area contributed by atoms with Gasteiger partial charge in [-0.1, -0.05) is 12.1 Å². The van der Waals surface area contributed by atoms with E-state index in [9.17, 15) is 40.5 Å². The van der Waals surface area contributed by atoms with Crippen LogP contribution < -0.4 is 9.47 Å². The van der Waals surface area contributed by atoms with E-state index in [1.165, 1.54) is 55.7 Å².